The second-order valence-corrected chi connectivity index (χ2v) is 6.29. The summed E-state index contributed by atoms with van der Waals surface area (Å²) in [6.07, 6.45) is 11.5. The van der Waals surface area contributed by atoms with Crippen LogP contribution < -0.4 is 0 Å². The van der Waals surface area contributed by atoms with E-state index in [1.165, 1.54) is 0 Å². The number of rotatable bonds is 12. The number of hydrogen-bond acceptors (Lipinski definition) is 4. The number of carbonyl (C=O) groups is 2. The van der Waals surface area contributed by atoms with Crippen LogP contribution in [0.1, 0.15) is 51.9 Å². The van der Waals surface area contributed by atoms with Crippen LogP contribution in [0.5, 0.6) is 0 Å². The molecule has 0 bridgehead atoms. The summed E-state index contributed by atoms with van der Waals surface area (Å²) in [4.78, 5) is 24.4. The predicted molar refractivity (Wildman–Crippen MR) is 96.2 cm³/mol. The number of aliphatic hydroxyl groups is 1. The minimum absolute atomic E-state index is 0.00857. The Morgan fingerprint density at radius 2 is 2.24 bits per heavy atom. The Bertz CT molecular complexity index is 461. The zero-order chi connectivity index (χ0) is 18.5. The molecule has 1 heterocycles. The first-order valence-electron chi connectivity index (χ1n) is 9.15. The van der Waals surface area contributed by atoms with E-state index < -0.39 is 12.1 Å². The molecule has 2 N–H and O–H groups in total. The molecule has 0 aromatic rings. The molecule has 0 aromatic heterocycles. The average Bonchev–Trinajstić information content (AvgIpc) is 2.57. The molecule has 142 valence electrons. The first-order chi connectivity index (χ1) is 12.0. The third kappa shape index (κ3) is 9.41. The summed E-state index contributed by atoms with van der Waals surface area (Å²) in [6.45, 7) is 3.44. The van der Waals surface area contributed by atoms with E-state index in [2.05, 4.69) is 0 Å². The lowest BCUT2D eigenvalue weighted by Crippen LogP contribution is -2.42. The zero-order valence-corrected chi connectivity index (χ0v) is 15.1. The number of amides is 1. The highest BCUT2D eigenvalue weighted by molar-refractivity contribution is 5.77. The van der Waals surface area contributed by atoms with Gasteiger partial charge in [0.15, 0.2) is 0 Å². The lowest BCUT2D eigenvalue weighted by atomic mass is 10.0. The Morgan fingerprint density at radius 3 is 2.96 bits per heavy atom. The minimum atomic E-state index is -0.786. The normalized spacial score (nSPS) is 19.8. The van der Waals surface area contributed by atoms with E-state index in [1.54, 1.807) is 6.08 Å². The quantitative estimate of drug-likeness (QED) is 0.416. The maximum absolute atomic E-state index is 12.2. The summed E-state index contributed by atoms with van der Waals surface area (Å²) in [5, 5.41) is 18.5. The van der Waals surface area contributed by atoms with Gasteiger partial charge in [0.25, 0.3) is 0 Å². The highest BCUT2D eigenvalue weighted by atomic mass is 16.5. The summed E-state index contributed by atoms with van der Waals surface area (Å²) in [7, 11) is 0. The lowest BCUT2D eigenvalue weighted by molar-refractivity contribution is -0.137. The number of aliphatic carboxylic acids is 1. The number of unbranched alkanes of at least 4 members (excludes halogenated alkanes) is 1. The number of ether oxygens (including phenoxy) is 1. The van der Waals surface area contributed by atoms with E-state index in [-0.39, 0.29) is 25.0 Å². The molecule has 1 fully saturated rings. The van der Waals surface area contributed by atoms with Gasteiger partial charge in [0.05, 0.1) is 18.8 Å². The first kappa shape index (κ1) is 21.4. The minimum Gasteiger partial charge on any atom is -0.481 e. The van der Waals surface area contributed by atoms with Crippen molar-refractivity contribution >= 4 is 11.9 Å². The SMILES string of the molecule is CCCOCC(O)C=C[C@H]1CCCC(=O)N1CC=CCCCC(=O)O. The monoisotopic (exact) mass is 353 g/mol. The van der Waals surface area contributed by atoms with Gasteiger partial charge in [-0.05, 0) is 32.1 Å². The van der Waals surface area contributed by atoms with Gasteiger partial charge in [-0.2, -0.15) is 0 Å². The van der Waals surface area contributed by atoms with Gasteiger partial charge in [-0.15, -0.1) is 0 Å². The van der Waals surface area contributed by atoms with E-state index in [0.717, 1.165) is 19.3 Å². The summed E-state index contributed by atoms with van der Waals surface area (Å²) in [6, 6.07) is -0.00857. The van der Waals surface area contributed by atoms with Gasteiger partial charge in [0.1, 0.15) is 0 Å². The number of aliphatic hydroxyl groups excluding tert-OH is 1. The molecule has 1 amide bonds. The van der Waals surface area contributed by atoms with Gasteiger partial charge in [-0.25, -0.2) is 0 Å². The van der Waals surface area contributed by atoms with Crippen LogP contribution in [0.2, 0.25) is 0 Å². The third-order valence-corrected chi connectivity index (χ3v) is 4.03. The second-order valence-electron chi connectivity index (χ2n) is 6.29. The van der Waals surface area contributed by atoms with Crippen molar-refractivity contribution in [1.29, 1.82) is 0 Å². The molecular weight excluding hydrogens is 322 g/mol. The van der Waals surface area contributed by atoms with Crippen molar-refractivity contribution in [3.63, 3.8) is 0 Å². The van der Waals surface area contributed by atoms with Crippen molar-refractivity contribution in [1.82, 2.24) is 4.90 Å². The molecule has 0 radical (unpaired) electrons. The van der Waals surface area contributed by atoms with Crippen LogP contribution in [-0.4, -0.2) is 58.9 Å². The van der Waals surface area contributed by atoms with Crippen LogP contribution in [0.25, 0.3) is 0 Å². The Hall–Kier alpha value is -1.66. The smallest absolute Gasteiger partial charge is 0.303 e. The van der Waals surface area contributed by atoms with Gasteiger partial charge in [0, 0.05) is 26.0 Å². The van der Waals surface area contributed by atoms with Crippen LogP contribution in [-0.2, 0) is 14.3 Å². The van der Waals surface area contributed by atoms with Crippen LogP contribution in [0.4, 0.5) is 0 Å². The molecule has 0 aliphatic carbocycles. The van der Waals surface area contributed by atoms with E-state index >= 15 is 0 Å². The molecule has 6 heteroatoms. The molecule has 6 nitrogen and oxygen atoms in total. The van der Waals surface area contributed by atoms with Gasteiger partial charge in [-0.1, -0.05) is 31.2 Å². The van der Waals surface area contributed by atoms with Gasteiger partial charge in [0.2, 0.25) is 5.91 Å². The van der Waals surface area contributed by atoms with Crippen LogP contribution in [0.3, 0.4) is 0 Å². The number of carbonyl (C=O) groups excluding carboxylic acids is 1. The van der Waals surface area contributed by atoms with Crippen molar-refractivity contribution in [2.24, 2.45) is 0 Å². The molecule has 0 spiro atoms. The van der Waals surface area contributed by atoms with Crippen LogP contribution in [0.15, 0.2) is 24.3 Å². The lowest BCUT2D eigenvalue weighted by Gasteiger charge is -2.33. The third-order valence-electron chi connectivity index (χ3n) is 4.03. The molecule has 25 heavy (non-hydrogen) atoms. The fourth-order valence-electron chi connectivity index (χ4n) is 2.72. The Balaban J connectivity index is 2.45. The molecular formula is C19H31NO5. The van der Waals surface area contributed by atoms with E-state index in [4.69, 9.17) is 9.84 Å². The maximum atomic E-state index is 12.2. The number of nitrogens with zero attached hydrogens (tertiary/aromatic N) is 1. The van der Waals surface area contributed by atoms with Crippen LogP contribution >= 0.6 is 0 Å². The van der Waals surface area contributed by atoms with E-state index in [0.29, 0.717) is 32.4 Å². The Labute approximate surface area is 150 Å². The first-order valence-corrected chi connectivity index (χ1v) is 9.15. The van der Waals surface area contributed by atoms with Crippen molar-refractivity contribution in [3.05, 3.63) is 24.3 Å². The van der Waals surface area contributed by atoms with Crippen molar-refractivity contribution in [2.75, 3.05) is 19.8 Å². The van der Waals surface area contributed by atoms with Gasteiger partial charge < -0.3 is 19.8 Å². The van der Waals surface area contributed by atoms with Crippen molar-refractivity contribution in [2.45, 2.75) is 64.0 Å². The number of carboxylic acid groups (broad SMARTS) is 1. The largest absolute Gasteiger partial charge is 0.481 e. The van der Waals surface area contributed by atoms with Crippen molar-refractivity contribution < 1.29 is 24.5 Å². The Morgan fingerprint density at radius 1 is 1.44 bits per heavy atom. The molecule has 0 saturated carbocycles. The number of hydrogen-bond donors (Lipinski definition) is 2. The van der Waals surface area contributed by atoms with Crippen molar-refractivity contribution in [3.8, 4) is 0 Å². The predicted octanol–water partition coefficient (Wildman–Crippen LogP) is 2.52. The molecule has 1 saturated heterocycles. The molecule has 1 aliphatic heterocycles. The number of carboxylic acids is 1. The highest BCUT2D eigenvalue weighted by Gasteiger charge is 2.25. The molecule has 0 aromatic carbocycles. The summed E-state index contributed by atoms with van der Waals surface area (Å²) < 4.78 is 5.32. The second kappa shape index (κ2) is 12.7. The summed E-state index contributed by atoms with van der Waals surface area (Å²) in [5.74, 6) is -0.668. The summed E-state index contributed by atoms with van der Waals surface area (Å²) in [5.41, 5.74) is 0. The number of allylic oxidation sites excluding steroid dienone is 1. The van der Waals surface area contributed by atoms with E-state index in [9.17, 15) is 14.7 Å². The molecule has 1 unspecified atom stereocenters. The zero-order valence-electron chi connectivity index (χ0n) is 15.1. The highest BCUT2D eigenvalue weighted by Crippen LogP contribution is 2.19. The molecule has 1 rings (SSSR count). The fraction of sp³-hybridized carbons (Fsp3) is 0.684. The fourth-order valence-corrected chi connectivity index (χ4v) is 2.72. The molecule has 2 atom stereocenters. The standard InChI is InChI=1S/C19H31NO5/c1-2-14-25-15-17(21)12-11-16-8-7-9-18(22)20(16)13-6-4-3-5-10-19(23)24/h4,6,11-12,16-17,21H,2-3,5,7-10,13-15H2,1H3,(H,23,24)/t16-,17?/m1/s1. The maximum Gasteiger partial charge on any atom is 0.303 e. The van der Waals surface area contributed by atoms with Crippen LogP contribution in [0, 0.1) is 0 Å². The average molecular weight is 353 g/mol. The van der Waals surface area contributed by atoms with Gasteiger partial charge in [-0.3, -0.25) is 9.59 Å². The number of likely N-dealkylation sites (tertiary alicyclic amines) is 1. The van der Waals surface area contributed by atoms with E-state index in [1.807, 2.05) is 30.1 Å². The van der Waals surface area contributed by atoms with Gasteiger partial charge >= 0.3 is 5.97 Å². The Kier molecular flexibility index (Phi) is 10.8. The topological polar surface area (TPSA) is 87.1 Å². The number of piperidine rings is 1. The molecule has 1 aliphatic rings. The summed E-state index contributed by atoms with van der Waals surface area (Å²) >= 11 is 0.